The van der Waals surface area contributed by atoms with Crippen LogP contribution in [0.5, 0.6) is 0 Å². The second kappa shape index (κ2) is 5.65. The van der Waals surface area contributed by atoms with Gasteiger partial charge in [-0.05, 0) is 48.0 Å². The quantitative estimate of drug-likeness (QED) is 0.919. The van der Waals surface area contributed by atoms with E-state index in [1.807, 2.05) is 13.8 Å². The lowest BCUT2D eigenvalue weighted by Crippen LogP contribution is -2.28. The first-order valence-electron chi connectivity index (χ1n) is 6.94. The summed E-state index contributed by atoms with van der Waals surface area (Å²) in [6.45, 7) is 7.11. The fraction of sp³-hybridized carbons (Fsp3) is 0.714. The summed E-state index contributed by atoms with van der Waals surface area (Å²) < 4.78 is 2.07. The molecule has 2 rings (SSSR count). The molecule has 1 fully saturated rings. The summed E-state index contributed by atoms with van der Waals surface area (Å²) in [6, 6.07) is 0.0743. The van der Waals surface area contributed by atoms with Crippen molar-refractivity contribution in [3.05, 3.63) is 21.0 Å². The Balaban J connectivity index is 2.13. The Morgan fingerprint density at radius 1 is 1.47 bits per heavy atom. The van der Waals surface area contributed by atoms with Crippen molar-refractivity contribution in [3.63, 3.8) is 0 Å². The molecular weight excluding hydrogens is 306 g/mol. The maximum atomic E-state index is 12.1. The number of nitrogens with zero attached hydrogens (tertiary/aromatic N) is 2. The van der Waals surface area contributed by atoms with E-state index in [0.717, 1.165) is 12.2 Å². The summed E-state index contributed by atoms with van der Waals surface area (Å²) in [5.41, 5.74) is 1.08. The number of hydrogen-bond donors (Lipinski definition) is 1. The maximum Gasteiger partial charge on any atom is 0.283 e. The van der Waals surface area contributed by atoms with Crippen LogP contribution in [-0.4, -0.2) is 16.3 Å². The van der Waals surface area contributed by atoms with E-state index in [-0.39, 0.29) is 11.6 Å². The van der Waals surface area contributed by atoms with E-state index in [1.165, 1.54) is 30.4 Å². The summed E-state index contributed by atoms with van der Waals surface area (Å²) in [6.07, 6.45) is 6.88. The predicted octanol–water partition coefficient (Wildman–Crippen LogP) is 3.58. The van der Waals surface area contributed by atoms with Crippen LogP contribution in [-0.2, 0) is 0 Å². The van der Waals surface area contributed by atoms with Gasteiger partial charge < -0.3 is 5.32 Å². The van der Waals surface area contributed by atoms with Gasteiger partial charge in [0.25, 0.3) is 5.56 Å². The van der Waals surface area contributed by atoms with Crippen molar-refractivity contribution in [1.82, 2.24) is 9.78 Å². The molecule has 1 heterocycles. The molecule has 0 bridgehead atoms. The van der Waals surface area contributed by atoms with Gasteiger partial charge in [0.1, 0.15) is 4.47 Å². The van der Waals surface area contributed by atoms with Crippen LogP contribution >= 0.6 is 15.9 Å². The molecule has 1 aliphatic carbocycles. The van der Waals surface area contributed by atoms with E-state index in [1.54, 1.807) is 6.20 Å². The van der Waals surface area contributed by atoms with Crippen LogP contribution in [0.15, 0.2) is 15.5 Å². The van der Waals surface area contributed by atoms with Crippen molar-refractivity contribution >= 4 is 21.6 Å². The zero-order valence-electron chi connectivity index (χ0n) is 11.9. The van der Waals surface area contributed by atoms with Gasteiger partial charge in [0.15, 0.2) is 0 Å². The lowest BCUT2D eigenvalue weighted by atomic mass is 9.89. The Morgan fingerprint density at radius 3 is 2.68 bits per heavy atom. The van der Waals surface area contributed by atoms with E-state index in [2.05, 4.69) is 33.3 Å². The highest BCUT2D eigenvalue weighted by Gasteiger charge is 2.28. The maximum absolute atomic E-state index is 12.1. The largest absolute Gasteiger partial charge is 0.382 e. The SMILES string of the molecule is CC(C)n1ncc(NCC2(C)CCCC2)c(Br)c1=O. The van der Waals surface area contributed by atoms with Crippen LogP contribution < -0.4 is 10.9 Å². The molecule has 1 saturated carbocycles. The topological polar surface area (TPSA) is 46.9 Å². The van der Waals surface area contributed by atoms with Crippen molar-refractivity contribution in [2.75, 3.05) is 11.9 Å². The van der Waals surface area contributed by atoms with E-state index in [4.69, 9.17) is 0 Å². The van der Waals surface area contributed by atoms with Crippen LogP contribution in [0.4, 0.5) is 5.69 Å². The van der Waals surface area contributed by atoms with Crippen molar-refractivity contribution in [3.8, 4) is 0 Å². The molecule has 0 radical (unpaired) electrons. The molecule has 0 spiro atoms. The zero-order valence-corrected chi connectivity index (χ0v) is 13.5. The summed E-state index contributed by atoms with van der Waals surface area (Å²) in [5.74, 6) is 0. The third-order valence-corrected chi connectivity index (χ3v) is 4.72. The molecule has 1 aromatic heterocycles. The van der Waals surface area contributed by atoms with Gasteiger partial charge in [0.05, 0.1) is 17.9 Å². The molecule has 106 valence electrons. The third kappa shape index (κ3) is 3.19. The van der Waals surface area contributed by atoms with Crippen LogP contribution in [0.3, 0.4) is 0 Å². The molecule has 0 aliphatic heterocycles. The first-order chi connectivity index (χ1) is 8.93. The van der Waals surface area contributed by atoms with Crippen molar-refractivity contribution in [2.24, 2.45) is 5.41 Å². The Morgan fingerprint density at radius 2 is 2.11 bits per heavy atom. The molecule has 0 aromatic carbocycles. The Hall–Kier alpha value is -0.840. The van der Waals surface area contributed by atoms with Crippen LogP contribution in [0.25, 0.3) is 0 Å². The van der Waals surface area contributed by atoms with Gasteiger partial charge in [-0.25, -0.2) is 4.68 Å². The molecule has 4 nitrogen and oxygen atoms in total. The fourth-order valence-electron chi connectivity index (χ4n) is 2.65. The zero-order chi connectivity index (χ0) is 14.0. The first kappa shape index (κ1) is 14.6. The number of nitrogens with one attached hydrogen (secondary N) is 1. The lowest BCUT2D eigenvalue weighted by molar-refractivity contribution is 0.361. The van der Waals surface area contributed by atoms with Gasteiger partial charge in [0, 0.05) is 6.54 Å². The number of rotatable bonds is 4. The monoisotopic (exact) mass is 327 g/mol. The molecule has 19 heavy (non-hydrogen) atoms. The Labute approximate surface area is 122 Å². The second-order valence-electron chi connectivity index (χ2n) is 6.09. The van der Waals surface area contributed by atoms with Crippen molar-refractivity contribution in [2.45, 2.75) is 52.5 Å². The van der Waals surface area contributed by atoms with Gasteiger partial charge in [-0.2, -0.15) is 5.10 Å². The third-order valence-electron chi connectivity index (χ3n) is 3.95. The molecule has 1 aliphatic rings. The highest BCUT2D eigenvalue weighted by molar-refractivity contribution is 9.10. The summed E-state index contributed by atoms with van der Waals surface area (Å²) >= 11 is 3.39. The standard InChI is InChI=1S/C14H22BrN3O/c1-10(2)18-13(19)12(15)11(8-17-18)16-9-14(3)6-4-5-7-14/h8,10,16H,4-7,9H2,1-3H3. The molecule has 5 heteroatoms. The Kier molecular flexibility index (Phi) is 4.33. The molecular formula is C14H22BrN3O. The normalized spacial score (nSPS) is 17.9. The van der Waals surface area contributed by atoms with Crippen LogP contribution in [0, 0.1) is 5.41 Å². The average molecular weight is 328 g/mol. The van der Waals surface area contributed by atoms with E-state index < -0.39 is 0 Å². The highest BCUT2D eigenvalue weighted by Crippen LogP contribution is 2.37. The molecule has 0 amide bonds. The number of anilines is 1. The minimum Gasteiger partial charge on any atom is -0.382 e. The van der Waals surface area contributed by atoms with E-state index in [0.29, 0.717) is 9.89 Å². The lowest BCUT2D eigenvalue weighted by Gasteiger charge is -2.24. The minimum atomic E-state index is -0.0726. The fourth-order valence-corrected chi connectivity index (χ4v) is 3.07. The molecule has 1 N–H and O–H groups in total. The van der Waals surface area contributed by atoms with Crippen LogP contribution in [0.1, 0.15) is 52.5 Å². The molecule has 0 atom stereocenters. The number of hydrogen-bond acceptors (Lipinski definition) is 3. The van der Waals surface area contributed by atoms with Crippen molar-refractivity contribution in [1.29, 1.82) is 0 Å². The predicted molar refractivity (Wildman–Crippen MR) is 81.6 cm³/mol. The summed E-state index contributed by atoms with van der Waals surface area (Å²) in [5, 5.41) is 7.60. The highest BCUT2D eigenvalue weighted by atomic mass is 79.9. The Bertz CT molecular complexity index is 504. The first-order valence-corrected chi connectivity index (χ1v) is 7.73. The summed E-state index contributed by atoms with van der Waals surface area (Å²) in [7, 11) is 0. The number of aromatic nitrogens is 2. The molecule has 0 unspecified atom stereocenters. The van der Waals surface area contributed by atoms with Gasteiger partial charge in [0.2, 0.25) is 0 Å². The second-order valence-corrected chi connectivity index (χ2v) is 6.88. The summed E-state index contributed by atoms with van der Waals surface area (Å²) in [4.78, 5) is 12.1. The van der Waals surface area contributed by atoms with E-state index >= 15 is 0 Å². The van der Waals surface area contributed by atoms with Gasteiger partial charge in [-0.1, -0.05) is 19.8 Å². The van der Waals surface area contributed by atoms with Gasteiger partial charge in [-0.15, -0.1) is 0 Å². The minimum absolute atomic E-state index is 0.0726. The van der Waals surface area contributed by atoms with Crippen molar-refractivity contribution < 1.29 is 0 Å². The van der Waals surface area contributed by atoms with Gasteiger partial charge >= 0.3 is 0 Å². The van der Waals surface area contributed by atoms with Crippen LogP contribution in [0.2, 0.25) is 0 Å². The smallest absolute Gasteiger partial charge is 0.283 e. The van der Waals surface area contributed by atoms with Gasteiger partial charge in [-0.3, -0.25) is 4.79 Å². The molecule has 0 saturated heterocycles. The average Bonchev–Trinajstić information content (AvgIpc) is 2.78. The molecule has 1 aromatic rings. The number of halogens is 1. The van der Waals surface area contributed by atoms with E-state index in [9.17, 15) is 4.79 Å².